The van der Waals surface area contributed by atoms with Crippen molar-refractivity contribution in [2.24, 2.45) is 10.3 Å². The molecule has 0 radical (unpaired) electrons. The van der Waals surface area contributed by atoms with Crippen molar-refractivity contribution in [2.45, 2.75) is 20.3 Å². The molecule has 6 nitrogen and oxygen atoms in total. The number of esters is 1. The maximum atomic E-state index is 12.2. The quantitative estimate of drug-likeness (QED) is 0.180. The Bertz CT molecular complexity index is 843. The molecular formula is C22H30N2O4S. The van der Waals surface area contributed by atoms with Gasteiger partial charge in [-0.3, -0.25) is 0 Å². The lowest BCUT2D eigenvalue weighted by atomic mass is 10.1. The summed E-state index contributed by atoms with van der Waals surface area (Å²) in [6.45, 7) is 7.88. The minimum Gasteiger partial charge on any atom is -0.461 e. The van der Waals surface area contributed by atoms with E-state index in [1.54, 1.807) is 36.3 Å². The fourth-order valence-corrected chi connectivity index (χ4v) is 3.36. The summed E-state index contributed by atoms with van der Waals surface area (Å²) < 4.78 is 33.7. The Kier molecular flexibility index (Phi) is 10.7. The third-order valence-corrected chi connectivity index (χ3v) is 5.06. The Labute approximate surface area is 174 Å². The fraction of sp³-hybridized carbons (Fsp3) is 0.364. The Morgan fingerprint density at radius 2 is 1.97 bits per heavy atom. The van der Waals surface area contributed by atoms with Crippen molar-refractivity contribution in [3.63, 3.8) is 0 Å². The van der Waals surface area contributed by atoms with Crippen LogP contribution in [0.5, 0.6) is 0 Å². The number of benzene rings is 1. The first-order chi connectivity index (χ1) is 13.8. The second-order valence-corrected chi connectivity index (χ2v) is 8.11. The Morgan fingerprint density at radius 1 is 1.28 bits per heavy atom. The van der Waals surface area contributed by atoms with Gasteiger partial charge >= 0.3 is 5.97 Å². The minimum atomic E-state index is -3.64. The van der Waals surface area contributed by atoms with Crippen LogP contribution in [0.1, 0.15) is 25.8 Å². The first kappa shape index (κ1) is 24.4. The van der Waals surface area contributed by atoms with Gasteiger partial charge in [-0.2, -0.15) is 0 Å². The lowest BCUT2D eigenvalue weighted by molar-refractivity contribution is -0.137. The summed E-state index contributed by atoms with van der Waals surface area (Å²) in [5.74, 6) is -0.518. The van der Waals surface area contributed by atoms with Crippen molar-refractivity contribution in [3.8, 4) is 0 Å². The molecule has 7 heteroatoms. The van der Waals surface area contributed by atoms with E-state index in [4.69, 9.17) is 4.74 Å². The molecule has 0 bridgehead atoms. The molecule has 0 spiro atoms. The Morgan fingerprint density at radius 3 is 2.59 bits per heavy atom. The predicted octanol–water partition coefficient (Wildman–Crippen LogP) is 3.69. The molecule has 29 heavy (non-hydrogen) atoms. The van der Waals surface area contributed by atoms with E-state index in [1.165, 1.54) is 6.08 Å². The van der Waals surface area contributed by atoms with Crippen LogP contribution in [0, 0.1) is 5.92 Å². The van der Waals surface area contributed by atoms with Crippen molar-refractivity contribution in [1.29, 1.82) is 0 Å². The zero-order valence-corrected chi connectivity index (χ0v) is 18.1. The number of carbonyl (C=O) groups is 1. The van der Waals surface area contributed by atoms with E-state index in [9.17, 15) is 13.2 Å². The summed E-state index contributed by atoms with van der Waals surface area (Å²) in [7, 11) is -1.93. The molecule has 0 aromatic heterocycles. The molecule has 0 aliphatic rings. The molecule has 0 fully saturated rings. The van der Waals surface area contributed by atoms with Crippen LogP contribution >= 0.6 is 0 Å². The van der Waals surface area contributed by atoms with E-state index in [2.05, 4.69) is 11.0 Å². The van der Waals surface area contributed by atoms with E-state index >= 15 is 0 Å². The first-order valence-corrected chi connectivity index (χ1v) is 11.1. The monoisotopic (exact) mass is 418 g/mol. The largest absolute Gasteiger partial charge is 0.461 e. The van der Waals surface area contributed by atoms with Gasteiger partial charge < -0.3 is 9.64 Å². The average molecular weight is 419 g/mol. The van der Waals surface area contributed by atoms with Gasteiger partial charge in [-0.25, -0.2) is 13.2 Å². The Hall–Kier alpha value is -2.67. The minimum absolute atomic E-state index is 0.104. The van der Waals surface area contributed by atoms with Gasteiger partial charge in [-0.05, 0) is 18.1 Å². The zero-order valence-electron chi connectivity index (χ0n) is 17.3. The lowest BCUT2D eigenvalue weighted by Gasteiger charge is -2.23. The molecule has 1 rings (SSSR count). The topological polar surface area (TPSA) is 76.0 Å². The predicted molar refractivity (Wildman–Crippen MR) is 119 cm³/mol. The smallest absolute Gasteiger partial charge is 0.330 e. The van der Waals surface area contributed by atoms with Crippen LogP contribution in [0.2, 0.25) is 0 Å². The van der Waals surface area contributed by atoms with Gasteiger partial charge in [0, 0.05) is 19.0 Å². The maximum absolute atomic E-state index is 12.2. The lowest BCUT2D eigenvalue weighted by Crippen LogP contribution is -2.35. The molecule has 0 N–H and O–H groups in total. The number of hydrogen-bond acceptors (Lipinski definition) is 4. The molecule has 0 amide bonds. The molecule has 1 aromatic rings. The number of sulfonamides is 1. The summed E-state index contributed by atoms with van der Waals surface area (Å²) in [5.41, 5.74) is 0.901. The summed E-state index contributed by atoms with van der Waals surface area (Å²) in [6, 6.07) is 9.43. The van der Waals surface area contributed by atoms with E-state index in [-0.39, 0.29) is 18.3 Å². The van der Waals surface area contributed by atoms with Gasteiger partial charge in [-0.15, -0.1) is 11.0 Å². The van der Waals surface area contributed by atoms with Crippen molar-refractivity contribution in [3.05, 3.63) is 66.8 Å². The SMILES string of the molecule is C=CC(C)/C(=N/S(=O)(=O)C/C=C\CC)N(C)CCOC(=O)/C=C/c1ccccc1. The molecule has 0 saturated carbocycles. The third kappa shape index (κ3) is 9.89. The van der Waals surface area contributed by atoms with Crippen LogP contribution in [-0.4, -0.2) is 51.1 Å². The number of rotatable bonds is 11. The summed E-state index contributed by atoms with van der Waals surface area (Å²) >= 11 is 0. The Balaban J connectivity index is 2.68. The molecule has 0 aliphatic heterocycles. The van der Waals surface area contributed by atoms with Crippen molar-refractivity contribution < 1.29 is 17.9 Å². The van der Waals surface area contributed by atoms with Crippen molar-refractivity contribution in [2.75, 3.05) is 26.0 Å². The zero-order chi connectivity index (χ0) is 21.7. The van der Waals surface area contributed by atoms with Crippen LogP contribution in [-0.2, 0) is 19.6 Å². The fourth-order valence-electron chi connectivity index (χ4n) is 2.32. The molecule has 158 valence electrons. The number of nitrogens with zero attached hydrogens (tertiary/aromatic N) is 2. The number of amidine groups is 1. The van der Waals surface area contributed by atoms with Gasteiger partial charge in [0.25, 0.3) is 10.0 Å². The van der Waals surface area contributed by atoms with Gasteiger partial charge in [0.15, 0.2) is 0 Å². The number of allylic oxidation sites excluding steroid dienone is 1. The highest BCUT2D eigenvalue weighted by Gasteiger charge is 2.17. The summed E-state index contributed by atoms with van der Waals surface area (Å²) in [5, 5.41) is 0. The third-order valence-electron chi connectivity index (χ3n) is 3.98. The number of hydrogen-bond donors (Lipinski definition) is 0. The number of ether oxygens (including phenoxy) is 1. The van der Waals surface area contributed by atoms with Gasteiger partial charge in [0.1, 0.15) is 12.4 Å². The second-order valence-electron chi connectivity index (χ2n) is 6.44. The van der Waals surface area contributed by atoms with Crippen molar-refractivity contribution in [1.82, 2.24) is 4.90 Å². The summed E-state index contributed by atoms with van der Waals surface area (Å²) in [4.78, 5) is 13.5. The highest BCUT2D eigenvalue weighted by Crippen LogP contribution is 2.08. The standard InChI is InChI=1S/C22H30N2O4S/c1-5-7-11-18-29(26,27)23-22(19(3)6-2)24(4)16-17-28-21(25)15-14-20-12-9-8-10-13-20/h6-15,19H,2,5,16-18H2,1,3-4H3/b11-7-,15-14+,23-22-. The maximum Gasteiger partial charge on any atom is 0.330 e. The molecular weight excluding hydrogens is 388 g/mol. The summed E-state index contributed by atoms with van der Waals surface area (Å²) in [6.07, 6.45) is 8.81. The highest BCUT2D eigenvalue weighted by atomic mass is 32.2. The molecule has 1 atom stereocenters. The van der Waals surface area contributed by atoms with Crippen LogP contribution in [0.25, 0.3) is 6.08 Å². The normalized spacial score (nSPS) is 13.6. The average Bonchev–Trinajstić information content (AvgIpc) is 2.70. The van der Waals surface area contributed by atoms with Crippen LogP contribution in [0.3, 0.4) is 0 Å². The number of carbonyl (C=O) groups excluding carboxylic acids is 1. The van der Waals surface area contributed by atoms with Crippen LogP contribution < -0.4 is 0 Å². The van der Waals surface area contributed by atoms with E-state index < -0.39 is 16.0 Å². The van der Waals surface area contributed by atoms with Gasteiger partial charge in [0.2, 0.25) is 0 Å². The first-order valence-electron chi connectivity index (χ1n) is 9.50. The van der Waals surface area contributed by atoms with Crippen molar-refractivity contribution >= 4 is 27.9 Å². The van der Waals surface area contributed by atoms with Gasteiger partial charge in [-0.1, -0.05) is 62.4 Å². The molecule has 0 aliphatic carbocycles. The molecule has 1 unspecified atom stereocenters. The molecule has 0 saturated heterocycles. The molecule has 0 heterocycles. The molecule has 1 aromatic carbocycles. The van der Waals surface area contributed by atoms with Crippen LogP contribution in [0.15, 0.2) is 65.6 Å². The van der Waals surface area contributed by atoms with E-state index in [0.717, 1.165) is 12.0 Å². The van der Waals surface area contributed by atoms with Gasteiger partial charge in [0.05, 0.1) is 12.3 Å². The van der Waals surface area contributed by atoms with Crippen LogP contribution in [0.4, 0.5) is 0 Å². The number of likely N-dealkylation sites (N-methyl/N-ethyl adjacent to an activating group) is 1. The van der Waals surface area contributed by atoms with E-state index in [1.807, 2.05) is 44.2 Å². The van der Waals surface area contributed by atoms with E-state index in [0.29, 0.717) is 12.4 Å². The highest BCUT2D eigenvalue weighted by molar-refractivity contribution is 7.90. The second kappa shape index (κ2) is 12.7.